The lowest BCUT2D eigenvalue weighted by atomic mass is 10.00. The van der Waals surface area contributed by atoms with Crippen LogP contribution in [0, 0.1) is 5.92 Å². The van der Waals surface area contributed by atoms with Crippen LogP contribution in [0.4, 0.5) is 5.69 Å². The van der Waals surface area contributed by atoms with Gasteiger partial charge >= 0.3 is 5.97 Å². The highest BCUT2D eigenvalue weighted by Crippen LogP contribution is 2.27. The molecular formula is C17H24N2O5S. The van der Waals surface area contributed by atoms with Crippen molar-refractivity contribution in [2.75, 3.05) is 18.2 Å². The summed E-state index contributed by atoms with van der Waals surface area (Å²) in [6, 6.07) is 4.02. The molecule has 0 bridgehead atoms. The van der Waals surface area contributed by atoms with E-state index in [4.69, 9.17) is 10.5 Å². The Morgan fingerprint density at radius 1 is 1.28 bits per heavy atom. The predicted octanol–water partition coefficient (Wildman–Crippen LogP) is 1.72. The van der Waals surface area contributed by atoms with Gasteiger partial charge in [0.1, 0.15) is 0 Å². The quantitative estimate of drug-likeness (QED) is 0.739. The number of esters is 1. The summed E-state index contributed by atoms with van der Waals surface area (Å²) in [5, 5.41) is 2.67. The third-order valence-electron chi connectivity index (χ3n) is 4.30. The summed E-state index contributed by atoms with van der Waals surface area (Å²) < 4.78 is 28.6. The minimum Gasteiger partial charge on any atom is -0.462 e. The average molecular weight is 368 g/mol. The lowest BCUT2D eigenvalue weighted by Gasteiger charge is -2.15. The summed E-state index contributed by atoms with van der Waals surface area (Å²) >= 11 is 0. The van der Waals surface area contributed by atoms with Gasteiger partial charge in [0.15, 0.2) is 9.84 Å². The summed E-state index contributed by atoms with van der Waals surface area (Å²) in [7, 11) is -3.54. The first-order valence-electron chi connectivity index (χ1n) is 8.28. The average Bonchev–Trinajstić information content (AvgIpc) is 2.91. The second kappa shape index (κ2) is 7.97. The molecule has 1 amide bonds. The zero-order valence-corrected chi connectivity index (χ0v) is 15.3. The van der Waals surface area contributed by atoms with E-state index in [1.54, 1.807) is 6.92 Å². The van der Waals surface area contributed by atoms with Gasteiger partial charge in [-0.05, 0) is 43.9 Å². The predicted molar refractivity (Wildman–Crippen MR) is 94.1 cm³/mol. The number of amides is 1. The zero-order chi connectivity index (χ0) is 18.6. The fraction of sp³-hybridized carbons (Fsp3) is 0.529. The van der Waals surface area contributed by atoms with E-state index >= 15 is 0 Å². The molecule has 2 rings (SSSR count). The van der Waals surface area contributed by atoms with Crippen LogP contribution >= 0.6 is 0 Å². The number of hydrogen-bond donors (Lipinski definition) is 2. The molecule has 0 saturated heterocycles. The van der Waals surface area contributed by atoms with Gasteiger partial charge in [0.05, 0.1) is 17.1 Å². The molecule has 1 aromatic carbocycles. The molecule has 1 fully saturated rings. The van der Waals surface area contributed by atoms with Gasteiger partial charge in [-0.25, -0.2) is 13.2 Å². The molecule has 3 N–H and O–H groups in total. The van der Waals surface area contributed by atoms with E-state index in [9.17, 15) is 18.0 Å². The Morgan fingerprint density at radius 3 is 2.56 bits per heavy atom. The van der Waals surface area contributed by atoms with Crippen molar-refractivity contribution in [2.24, 2.45) is 11.7 Å². The Kier molecular flexibility index (Phi) is 6.18. The first-order chi connectivity index (χ1) is 11.7. The van der Waals surface area contributed by atoms with Gasteiger partial charge in [-0.2, -0.15) is 0 Å². The molecule has 0 radical (unpaired) electrons. The van der Waals surface area contributed by atoms with E-state index in [-0.39, 0.29) is 47.0 Å². The molecule has 0 spiro atoms. The topological polar surface area (TPSA) is 116 Å². The number of ether oxygens (including phenoxy) is 1. The van der Waals surface area contributed by atoms with Gasteiger partial charge in [0.25, 0.3) is 0 Å². The molecule has 7 nitrogen and oxygen atoms in total. The van der Waals surface area contributed by atoms with Gasteiger partial charge < -0.3 is 15.8 Å². The fourth-order valence-electron chi connectivity index (χ4n) is 2.99. The number of nitrogens with two attached hydrogens (primary N) is 1. The summed E-state index contributed by atoms with van der Waals surface area (Å²) in [4.78, 5) is 24.1. The Labute approximate surface area is 147 Å². The van der Waals surface area contributed by atoms with Crippen LogP contribution in [0.1, 0.15) is 43.0 Å². The minimum atomic E-state index is -3.54. The maximum atomic E-state index is 12.2. The van der Waals surface area contributed by atoms with Crippen LogP contribution in [0.15, 0.2) is 23.1 Å². The zero-order valence-electron chi connectivity index (χ0n) is 14.4. The van der Waals surface area contributed by atoms with Crippen molar-refractivity contribution in [2.45, 2.75) is 43.5 Å². The Morgan fingerprint density at radius 2 is 2.00 bits per heavy atom. The van der Waals surface area contributed by atoms with E-state index in [1.165, 1.54) is 18.2 Å². The SMILES string of the molecule is CCOC(=O)c1cc(NC(=O)C[C@@H]2CCC[C@H]2N)cc(S(C)(=O)=O)c1. The van der Waals surface area contributed by atoms with Crippen molar-refractivity contribution in [3.05, 3.63) is 23.8 Å². The van der Waals surface area contributed by atoms with Gasteiger partial charge in [0, 0.05) is 24.4 Å². The number of benzene rings is 1. The van der Waals surface area contributed by atoms with Crippen molar-refractivity contribution in [3.63, 3.8) is 0 Å². The highest BCUT2D eigenvalue weighted by molar-refractivity contribution is 7.90. The molecule has 0 aliphatic heterocycles. The van der Waals surface area contributed by atoms with E-state index in [0.717, 1.165) is 25.5 Å². The second-order valence-electron chi connectivity index (χ2n) is 6.35. The summed E-state index contributed by atoms with van der Waals surface area (Å²) in [5.74, 6) is -0.758. The largest absolute Gasteiger partial charge is 0.462 e. The van der Waals surface area contributed by atoms with Crippen molar-refractivity contribution < 1.29 is 22.7 Å². The monoisotopic (exact) mass is 368 g/mol. The molecular weight excluding hydrogens is 344 g/mol. The van der Waals surface area contributed by atoms with Gasteiger partial charge in [-0.1, -0.05) is 6.42 Å². The molecule has 25 heavy (non-hydrogen) atoms. The van der Waals surface area contributed by atoms with E-state index < -0.39 is 15.8 Å². The molecule has 1 saturated carbocycles. The van der Waals surface area contributed by atoms with Gasteiger partial charge in [-0.3, -0.25) is 4.79 Å². The molecule has 1 aliphatic rings. The number of nitrogens with one attached hydrogen (secondary N) is 1. The third kappa shape index (κ3) is 5.27. The van der Waals surface area contributed by atoms with Crippen LogP contribution in [0.3, 0.4) is 0 Å². The van der Waals surface area contributed by atoms with Crippen molar-refractivity contribution in [1.82, 2.24) is 0 Å². The van der Waals surface area contributed by atoms with E-state index in [0.29, 0.717) is 0 Å². The molecule has 1 aliphatic carbocycles. The highest BCUT2D eigenvalue weighted by Gasteiger charge is 2.26. The summed E-state index contributed by atoms with van der Waals surface area (Å²) in [6.45, 7) is 1.83. The van der Waals surface area contributed by atoms with Crippen LogP contribution in [-0.2, 0) is 19.4 Å². The number of sulfone groups is 1. The fourth-order valence-corrected chi connectivity index (χ4v) is 3.67. The highest BCUT2D eigenvalue weighted by atomic mass is 32.2. The second-order valence-corrected chi connectivity index (χ2v) is 8.36. The lowest BCUT2D eigenvalue weighted by molar-refractivity contribution is -0.117. The molecule has 0 unspecified atom stereocenters. The standard InChI is InChI=1S/C17H24N2O5S/c1-3-24-17(21)12-7-13(10-14(8-12)25(2,22)23)19-16(20)9-11-5-4-6-15(11)18/h7-8,10-11,15H,3-6,9,18H2,1-2H3,(H,19,20)/t11-,15+/m0/s1. The Bertz CT molecular complexity index is 760. The number of rotatable bonds is 6. The van der Waals surface area contributed by atoms with E-state index in [2.05, 4.69) is 5.32 Å². The first kappa shape index (κ1) is 19.4. The maximum absolute atomic E-state index is 12.2. The van der Waals surface area contributed by atoms with Crippen molar-refractivity contribution >= 4 is 27.4 Å². The molecule has 138 valence electrons. The van der Waals surface area contributed by atoms with Crippen LogP contribution in [0.2, 0.25) is 0 Å². The first-order valence-corrected chi connectivity index (χ1v) is 10.2. The summed E-state index contributed by atoms with van der Waals surface area (Å²) in [6.07, 6.45) is 4.15. The Balaban J connectivity index is 2.22. The minimum absolute atomic E-state index is 0.0168. The van der Waals surface area contributed by atoms with Crippen molar-refractivity contribution in [3.8, 4) is 0 Å². The molecule has 2 atom stereocenters. The molecule has 0 aromatic heterocycles. The lowest BCUT2D eigenvalue weighted by Crippen LogP contribution is -2.28. The van der Waals surface area contributed by atoms with Crippen LogP contribution in [0.5, 0.6) is 0 Å². The number of carbonyl (C=O) groups is 2. The number of hydrogen-bond acceptors (Lipinski definition) is 6. The van der Waals surface area contributed by atoms with Crippen LogP contribution in [-0.4, -0.2) is 39.2 Å². The normalized spacial score (nSPS) is 20.3. The van der Waals surface area contributed by atoms with E-state index in [1.807, 2.05) is 0 Å². The van der Waals surface area contributed by atoms with Crippen molar-refractivity contribution in [1.29, 1.82) is 0 Å². The van der Waals surface area contributed by atoms with Crippen LogP contribution in [0.25, 0.3) is 0 Å². The Hall–Kier alpha value is -1.93. The summed E-state index contributed by atoms with van der Waals surface area (Å²) in [5.41, 5.74) is 6.31. The number of anilines is 1. The van der Waals surface area contributed by atoms with Gasteiger partial charge in [0.2, 0.25) is 5.91 Å². The molecule has 8 heteroatoms. The number of carbonyl (C=O) groups excluding carboxylic acids is 2. The van der Waals surface area contributed by atoms with Gasteiger partial charge in [-0.15, -0.1) is 0 Å². The maximum Gasteiger partial charge on any atom is 0.338 e. The smallest absolute Gasteiger partial charge is 0.338 e. The third-order valence-corrected chi connectivity index (χ3v) is 5.39. The molecule has 1 aromatic rings. The molecule has 0 heterocycles. The van der Waals surface area contributed by atoms with Crippen LogP contribution < -0.4 is 11.1 Å².